The van der Waals surface area contributed by atoms with E-state index in [2.05, 4.69) is 27.8 Å². The lowest BCUT2D eigenvalue weighted by Gasteiger charge is -2.41. The molecular formula is C12H17BrN2O2S. The third-order valence-corrected chi connectivity index (χ3v) is 5.77. The summed E-state index contributed by atoms with van der Waals surface area (Å²) in [6.45, 7) is 3.19. The molecule has 4 nitrogen and oxygen atoms in total. The van der Waals surface area contributed by atoms with Gasteiger partial charge in [0.15, 0.2) is 0 Å². The summed E-state index contributed by atoms with van der Waals surface area (Å²) in [7, 11) is -0.287. The zero-order valence-corrected chi connectivity index (χ0v) is 13.1. The van der Waals surface area contributed by atoms with Crippen molar-refractivity contribution in [1.82, 2.24) is 4.31 Å². The summed E-state index contributed by atoms with van der Waals surface area (Å²) in [4.78, 5) is 2.58. The van der Waals surface area contributed by atoms with Crippen molar-refractivity contribution in [3.8, 4) is 0 Å². The molecule has 0 spiro atoms. The monoisotopic (exact) mass is 332 g/mol. The highest BCUT2D eigenvalue weighted by Gasteiger charge is 2.26. The minimum absolute atomic E-state index is 0.316. The number of sulfonamides is 1. The highest BCUT2D eigenvalue weighted by Crippen LogP contribution is 2.34. The van der Waals surface area contributed by atoms with Crippen LogP contribution >= 0.6 is 15.9 Å². The van der Waals surface area contributed by atoms with E-state index < -0.39 is 10.0 Å². The molecule has 1 aromatic rings. The molecule has 0 aromatic heterocycles. The standard InChI is InChI=1S/C12H17BrN2O2S/c1-9-6-7-15(9)12-5-4-10(8-11(12)13)18(16,17)14(2)3/h4-5,8-9H,6-7H2,1-3H3. The molecule has 1 aliphatic rings. The molecule has 1 fully saturated rings. The molecule has 1 heterocycles. The van der Waals surface area contributed by atoms with Gasteiger partial charge in [-0.25, -0.2) is 12.7 Å². The van der Waals surface area contributed by atoms with Gasteiger partial charge in [-0.3, -0.25) is 0 Å². The Morgan fingerprint density at radius 3 is 2.44 bits per heavy atom. The van der Waals surface area contributed by atoms with Gasteiger partial charge in [-0.1, -0.05) is 0 Å². The number of rotatable bonds is 3. The van der Waals surface area contributed by atoms with Gasteiger partial charge in [-0.2, -0.15) is 0 Å². The van der Waals surface area contributed by atoms with E-state index in [-0.39, 0.29) is 0 Å². The molecule has 6 heteroatoms. The first-order valence-corrected chi connectivity index (χ1v) is 8.06. The lowest BCUT2D eigenvalue weighted by atomic mass is 10.0. The Labute approximate surface area is 117 Å². The van der Waals surface area contributed by atoms with Crippen molar-refractivity contribution in [1.29, 1.82) is 0 Å². The Hall–Kier alpha value is -0.590. The van der Waals surface area contributed by atoms with Crippen LogP contribution in [0.3, 0.4) is 0 Å². The fourth-order valence-electron chi connectivity index (χ4n) is 1.97. The van der Waals surface area contributed by atoms with Gasteiger partial charge < -0.3 is 4.90 Å². The second kappa shape index (κ2) is 4.83. The van der Waals surface area contributed by atoms with Crippen LogP contribution in [0.2, 0.25) is 0 Å². The first kappa shape index (κ1) is 13.8. The van der Waals surface area contributed by atoms with Crippen LogP contribution in [0, 0.1) is 0 Å². The third kappa shape index (κ3) is 2.29. The molecule has 100 valence electrons. The molecule has 18 heavy (non-hydrogen) atoms. The quantitative estimate of drug-likeness (QED) is 0.852. The average molecular weight is 333 g/mol. The Morgan fingerprint density at radius 1 is 1.39 bits per heavy atom. The molecule has 2 rings (SSSR count). The van der Waals surface area contributed by atoms with Gasteiger partial charge >= 0.3 is 0 Å². The summed E-state index contributed by atoms with van der Waals surface area (Å²) in [5, 5.41) is 0. The van der Waals surface area contributed by atoms with E-state index in [9.17, 15) is 8.42 Å². The summed E-state index contributed by atoms with van der Waals surface area (Å²) in [6, 6.07) is 5.74. The Balaban J connectivity index is 2.37. The summed E-state index contributed by atoms with van der Waals surface area (Å²) in [5.41, 5.74) is 1.06. The van der Waals surface area contributed by atoms with Crippen LogP contribution in [0.4, 0.5) is 5.69 Å². The van der Waals surface area contributed by atoms with Gasteiger partial charge in [0.25, 0.3) is 0 Å². The van der Waals surface area contributed by atoms with E-state index in [4.69, 9.17) is 0 Å². The molecule has 1 saturated heterocycles. The SMILES string of the molecule is CC1CCN1c1ccc(S(=O)(=O)N(C)C)cc1Br. The molecule has 1 unspecified atom stereocenters. The van der Waals surface area contributed by atoms with Crippen LogP contribution in [0.15, 0.2) is 27.6 Å². The van der Waals surface area contributed by atoms with Crippen molar-refractivity contribution in [2.24, 2.45) is 0 Å². The maximum Gasteiger partial charge on any atom is 0.242 e. The maximum atomic E-state index is 12.0. The number of nitrogens with zero attached hydrogens (tertiary/aromatic N) is 2. The first-order chi connectivity index (χ1) is 8.34. The second-order valence-corrected chi connectivity index (χ2v) is 7.74. The number of benzene rings is 1. The zero-order chi connectivity index (χ0) is 13.5. The first-order valence-electron chi connectivity index (χ1n) is 5.83. The predicted molar refractivity (Wildman–Crippen MR) is 76.4 cm³/mol. The van der Waals surface area contributed by atoms with Crippen LogP contribution in [0.5, 0.6) is 0 Å². The van der Waals surface area contributed by atoms with Crippen LogP contribution in [-0.4, -0.2) is 39.4 Å². The third-order valence-electron chi connectivity index (χ3n) is 3.33. The number of anilines is 1. The molecule has 0 bridgehead atoms. The molecule has 0 N–H and O–H groups in total. The molecule has 0 saturated carbocycles. The van der Waals surface area contributed by atoms with Crippen molar-refractivity contribution >= 4 is 31.6 Å². The van der Waals surface area contributed by atoms with Crippen LogP contribution in [0.25, 0.3) is 0 Å². The topological polar surface area (TPSA) is 40.6 Å². The molecule has 1 atom stereocenters. The minimum Gasteiger partial charge on any atom is -0.368 e. The molecule has 1 aliphatic heterocycles. The number of hydrogen-bond acceptors (Lipinski definition) is 3. The highest BCUT2D eigenvalue weighted by molar-refractivity contribution is 9.10. The van der Waals surface area contributed by atoms with Gasteiger partial charge in [-0.05, 0) is 47.5 Å². The largest absolute Gasteiger partial charge is 0.368 e. The predicted octanol–water partition coefficient (Wildman–Crippen LogP) is 2.30. The van der Waals surface area contributed by atoms with Crippen molar-refractivity contribution in [2.75, 3.05) is 25.5 Å². The molecule has 0 radical (unpaired) electrons. The Morgan fingerprint density at radius 2 is 2.06 bits per heavy atom. The van der Waals surface area contributed by atoms with Crippen molar-refractivity contribution in [3.05, 3.63) is 22.7 Å². The second-order valence-electron chi connectivity index (χ2n) is 4.73. The van der Waals surface area contributed by atoms with Gasteiger partial charge in [0.05, 0.1) is 10.6 Å². The summed E-state index contributed by atoms with van der Waals surface area (Å²) in [6.07, 6.45) is 1.18. The van der Waals surface area contributed by atoms with Crippen LogP contribution < -0.4 is 4.90 Å². The summed E-state index contributed by atoms with van der Waals surface area (Å²) >= 11 is 3.47. The van der Waals surface area contributed by atoms with Crippen molar-refractivity contribution in [3.63, 3.8) is 0 Å². The van der Waals surface area contributed by atoms with Gasteiger partial charge in [0, 0.05) is 31.2 Å². The molecule has 0 aliphatic carbocycles. The number of hydrogen-bond donors (Lipinski definition) is 0. The zero-order valence-electron chi connectivity index (χ0n) is 10.7. The molecule has 0 amide bonds. The smallest absolute Gasteiger partial charge is 0.242 e. The fraction of sp³-hybridized carbons (Fsp3) is 0.500. The van der Waals surface area contributed by atoms with Crippen LogP contribution in [-0.2, 0) is 10.0 Å². The summed E-state index contributed by atoms with van der Waals surface area (Å²) in [5.74, 6) is 0. The van der Waals surface area contributed by atoms with E-state index in [0.29, 0.717) is 10.9 Å². The lowest BCUT2D eigenvalue weighted by Crippen LogP contribution is -2.45. The Kier molecular flexibility index (Phi) is 3.71. The molecular weight excluding hydrogens is 316 g/mol. The highest BCUT2D eigenvalue weighted by atomic mass is 79.9. The van der Waals surface area contributed by atoms with Gasteiger partial charge in [0.1, 0.15) is 0 Å². The van der Waals surface area contributed by atoms with Crippen molar-refractivity contribution < 1.29 is 8.42 Å². The van der Waals surface area contributed by atoms with E-state index in [1.165, 1.54) is 24.8 Å². The van der Waals surface area contributed by atoms with Gasteiger partial charge in [0.2, 0.25) is 10.0 Å². The Bertz CT molecular complexity index is 557. The van der Waals surface area contributed by atoms with E-state index in [0.717, 1.165) is 16.7 Å². The van der Waals surface area contributed by atoms with Crippen LogP contribution in [0.1, 0.15) is 13.3 Å². The average Bonchev–Trinajstić information content (AvgIpc) is 2.29. The normalized spacial score (nSPS) is 20.1. The summed E-state index contributed by atoms with van der Waals surface area (Å²) < 4.78 is 26.1. The van der Waals surface area contributed by atoms with E-state index >= 15 is 0 Å². The minimum atomic E-state index is -3.36. The number of halogens is 1. The van der Waals surface area contributed by atoms with Gasteiger partial charge in [-0.15, -0.1) is 0 Å². The van der Waals surface area contributed by atoms with E-state index in [1.807, 2.05) is 6.07 Å². The molecule has 1 aromatic carbocycles. The maximum absolute atomic E-state index is 12.0. The fourth-order valence-corrected chi connectivity index (χ4v) is 3.65. The lowest BCUT2D eigenvalue weighted by molar-refractivity contribution is 0.480. The van der Waals surface area contributed by atoms with E-state index in [1.54, 1.807) is 12.1 Å². The van der Waals surface area contributed by atoms with Crippen molar-refractivity contribution in [2.45, 2.75) is 24.3 Å².